The van der Waals surface area contributed by atoms with Gasteiger partial charge in [-0.3, -0.25) is 43.2 Å². The van der Waals surface area contributed by atoms with Gasteiger partial charge in [0.1, 0.15) is 6.54 Å². The Labute approximate surface area is 324 Å². The Bertz CT molecular complexity index is 1440. The summed E-state index contributed by atoms with van der Waals surface area (Å²) in [5.41, 5.74) is 13.6. The number of hydrogen-bond acceptors (Lipinski definition) is 14. The summed E-state index contributed by atoms with van der Waals surface area (Å²) in [4.78, 5) is 106. The largest absolute Gasteiger partial charge is 0.393 e. The second-order valence-electron chi connectivity index (χ2n) is 13.0. The van der Waals surface area contributed by atoms with Gasteiger partial charge in [0.15, 0.2) is 0 Å². The molecule has 2 aliphatic rings. The molecule has 2 heterocycles. The maximum absolute atomic E-state index is 13.0. The van der Waals surface area contributed by atoms with Crippen LogP contribution in [0.25, 0.3) is 10.4 Å². The summed E-state index contributed by atoms with van der Waals surface area (Å²) in [6.07, 6.45) is 4.22. The summed E-state index contributed by atoms with van der Waals surface area (Å²) in [7, 11) is 0. The Balaban J connectivity index is 0.000000812. The van der Waals surface area contributed by atoms with Crippen LogP contribution in [0.5, 0.6) is 0 Å². The monoisotopic (exact) mass is 794 g/mol. The van der Waals surface area contributed by atoms with Crippen molar-refractivity contribution in [3.05, 3.63) is 23.1 Å². The molecule has 0 aromatic rings. The van der Waals surface area contributed by atoms with Crippen LogP contribution in [-0.4, -0.2) is 113 Å². The summed E-state index contributed by atoms with van der Waals surface area (Å²) in [5.74, 6) is -6.68. The van der Waals surface area contributed by atoms with Gasteiger partial charge < -0.3 is 45.9 Å². The van der Waals surface area contributed by atoms with Crippen LogP contribution in [-0.2, 0) is 62.1 Å². The lowest BCUT2D eigenvalue weighted by atomic mass is 9.85. The SMILES string of the molecule is C=CC(=O)NCCOCC1CC(=O)OC1=O.CCC(CC(CC(C)C(N)=O)C(=O)NCCCCCNC(=O)CN=[N+]=[N-])C(=O)NCCOCC1CC(=O)OC1=O. The number of rotatable bonds is 27. The Morgan fingerprint density at radius 1 is 0.839 bits per heavy atom. The van der Waals surface area contributed by atoms with E-state index in [4.69, 9.17) is 20.7 Å². The molecule has 2 aliphatic heterocycles. The number of hydrogen-bond donors (Lipinski definition) is 5. The minimum absolute atomic E-state index is 0.0192. The highest BCUT2D eigenvalue weighted by Gasteiger charge is 2.34. The van der Waals surface area contributed by atoms with Gasteiger partial charge in [-0.05, 0) is 50.1 Å². The third-order valence-electron chi connectivity index (χ3n) is 8.52. The molecule has 21 heteroatoms. The second kappa shape index (κ2) is 28.1. The van der Waals surface area contributed by atoms with E-state index in [9.17, 15) is 43.2 Å². The van der Waals surface area contributed by atoms with Crippen molar-refractivity contribution >= 4 is 53.4 Å². The number of carbonyl (C=O) groups excluding carboxylic acids is 9. The van der Waals surface area contributed by atoms with Crippen molar-refractivity contribution in [2.75, 3.05) is 59.2 Å². The number of primary amides is 1. The zero-order valence-electron chi connectivity index (χ0n) is 31.9. The number of azide groups is 1. The molecule has 0 aliphatic carbocycles. The number of nitrogens with two attached hydrogens (primary N) is 1. The highest BCUT2D eigenvalue weighted by atomic mass is 16.6. The van der Waals surface area contributed by atoms with Crippen molar-refractivity contribution < 1.29 is 62.1 Å². The molecule has 6 N–H and O–H groups in total. The van der Waals surface area contributed by atoms with E-state index in [1.807, 2.05) is 6.92 Å². The lowest BCUT2D eigenvalue weighted by Crippen LogP contribution is -2.39. The van der Waals surface area contributed by atoms with Gasteiger partial charge in [-0.2, -0.15) is 0 Å². The number of carbonyl (C=O) groups is 9. The van der Waals surface area contributed by atoms with E-state index < -0.39 is 59.4 Å². The zero-order chi connectivity index (χ0) is 41.9. The van der Waals surface area contributed by atoms with Crippen LogP contribution < -0.4 is 27.0 Å². The molecule has 5 amide bonds. The van der Waals surface area contributed by atoms with Crippen LogP contribution in [0.2, 0.25) is 0 Å². The highest BCUT2D eigenvalue weighted by Crippen LogP contribution is 2.23. The van der Waals surface area contributed by atoms with E-state index in [1.54, 1.807) is 6.92 Å². The predicted molar refractivity (Wildman–Crippen MR) is 195 cm³/mol. The van der Waals surface area contributed by atoms with Crippen LogP contribution >= 0.6 is 0 Å². The third-order valence-corrected chi connectivity index (χ3v) is 8.52. The van der Waals surface area contributed by atoms with Gasteiger partial charge in [0.05, 0.1) is 51.1 Å². The first-order valence-corrected chi connectivity index (χ1v) is 18.4. The van der Waals surface area contributed by atoms with Gasteiger partial charge in [-0.15, -0.1) is 0 Å². The fraction of sp³-hybridized carbons (Fsp3) is 0.686. The number of ether oxygens (including phenoxy) is 4. The molecule has 56 heavy (non-hydrogen) atoms. The van der Waals surface area contributed by atoms with Gasteiger partial charge in [0.2, 0.25) is 29.5 Å². The first-order chi connectivity index (χ1) is 26.7. The number of nitrogens with zero attached hydrogens (tertiary/aromatic N) is 3. The molecule has 0 bridgehead atoms. The maximum Gasteiger partial charge on any atom is 0.319 e. The molecule has 0 aromatic heterocycles. The van der Waals surface area contributed by atoms with Crippen LogP contribution in [0.15, 0.2) is 17.8 Å². The molecule has 0 saturated carbocycles. The standard InChI is InChI=1S/C25H41N7O8.C10H13NO5/c1-3-17(23(36)30-9-10-39-15-19-13-21(34)40-25(19)38)12-18(11-16(2)22(26)35)24(37)29-8-6-4-5-7-28-20(33)14-31-32-27;1-2-8(12)11-3-4-15-6-7-5-9(13)16-10(7)14/h16-19H,3-15H2,1-2H3,(H2,26,35)(H,28,33)(H,29,37)(H,30,36);2,7H,1,3-6H2,(H,11,12). The molecule has 21 nitrogen and oxygen atoms in total. The molecule has 0 radical (unpaired) electrons. The molecule has 2 fully saturated rings. The minimum Gasteiger partial charge on any atom is -0.393 e. The van der Waals surface area contributed by atoms with Gasteiger partial charge in [0, 0.05) is 48.8 Å². The molecule has 312 valence electrons. The smallest absolute Gasteiger partial charge is 0.319 e. The zero-order valence-corrected chi connectivity index (χ0v) is 31.9. The molecule has 5 unspecified atom stereocenters. The lowest BCUT2D eigenvalue weighted by molar-refractivity contribution is -0.155. The summed E-state index contributed by atoms with van der Waals surface area (Å²) in [6, 6.07) is 0. The summed E-state index contributed by atoms with van der Waals surface area (Å²) in [5, 5.41) is 14.0. The fourth-order valence-corrected chi connectivity index (χ4v) is 5.28. The van der Waals surface area contributed by atoms with E-state index in [2.05, 4.69) is 47.3 Å². The van der Waals surface area contributed by atoms with E-state index in [1.165, 1.54) is 0 Å². The molecular formula is C35H54N8O13. The van der Waals surface area contributed by atoms with E-state index in [0.717, 1.165) is 12.5 Å². The highest BCUT2D eigenvalue weighted by molar-refractivity contribution is 5.95. The number of cyclic esters (lactones) is 4. The lowest BCUT2D eigenvalue weighted by Gasteiger charge is -2.23. The molecule has 5 atom stereocenters. The van der Waals surface area contributed by atoms with Crippen molar-refractivity contribution in [1.82, 2.24) is 21.3 Å². The fourth-order valence-electron chi connectivity index (χ4n) is 5.28. The molecular weight excluding hydrogens is 740 g/mol. The van der Waals surface area contributed by atoms with Crippen LogP contribution in [0.3, 0.4) is 0 Å². The quantitative estimate of drug-likeness (QED) is 0.0138. The summed E-state index contributed by atoms with van der Waals surface area (Å²) in [6.45, 7) is 8.44. The molecule has 2 saturated heterocycles. The van der Waals surface area contributed by atoms with Crippen molar-refractivity contribution in [3.63, 3.8) is 0 Å². The van der Waals surface area contributed by atoms with Crippen molar-refractivity contribution in [1.29, 1.82) is 0 Å². The van der Waals surface area contributed by atoms with Crippen LogP contribution in [0.4, 0.5) is 0 Å². The molecule has 0 spiro atoms. The Hall–Kier alpha value is -5.40. The first kappa shape index (κ1) is 48.6. The first-order valence-electron chi connectivity index (χ1n) is 18.4. The Morgan fingerprint density at radius 3 is 1.84 bits per heavy atom. The van der Waals surface area contributed by atoms with Crippen LogP contribution in [0, 0.1) is 29.6 Å². The Morgan fingerprint density at radius 2 is 1.36 bits per heavy atom. The van der Waals surface area contributed by atoms with Gasteiger partial charge in [0.25, 0.3) is 0 Å². The van der Waals surface area contributed by atoms with Gasteiger partial charge in [-0.1, -0.05) is 25.5 Å². The van der Waals surface area contributed by atoms with Gasteiger partial charge in [-0.25, -0.2) is 0 Å². The number of esters is 4. The number of unbranched alkanes of at least 4 members (excludes halogenated alkanes) is 2. The average molecular weight is 795 g/mol. The number of nitrogens with one attached hydrogen (secondary N) is 4. The second-order valence-corrected chi connectivity index (χ2v) is 13.0. The molecule has 2 rings (SSSR count). The van der Waals surface area contributed by atoms with E-state index in [-0.39, 0.29) is 88.8 Å². The van der Waals surface area contributed by atoms with Gasteiger partial charge >= 0.3 is 23.9 Å². The van der Waals surface area contributed by atoms with E-state index in [0.29, 0.717) is 38.9 Å². The molecule has 0 aromatic carbocycles. The van der Waals surface area contributed by atoms with Crippen molar-refractivity contribution in [2.24, 2.45) is 40.4 Å². The average Bonchev–Trinajstić information content (AvgIpc) is 3.67. The van der Waals surface area contributed by atoms with Crippen molar-refractivity contribution in [3.8, 4) is 0 Å². The van der Waals surface area contributed by atoms with E-state index >= 15 is 0 Å². The third kappa shape index (κ3) is 20.9. The maximum atomic E-state index is 13.0. The normalized spacial score (nSPS) is 17.5. The Kier molecular flexibility index (Phi) is 24.4. The minimum atomic E-state index is -0.630. The summed E-state index contributed by atoms with van der Waals surface area (Å²) >= 11 is 0. The number of amides is 5. The predicted octanol–water partition coefficient (Wildman–Crippen LogP) is -0.139. The van der Waals surface area contributed by atoms with Crippen molar-refractivity contribution in [2.45, 2.75) is 65.2 Å². The summed E-state index contributed by atoms with van der Waals surface area (Å²) < 4.78 is 19.3. The van der Waals surface area contributed by atoms with Crippen LogP contribution in [0.1, 0.15) is 65.2 Å². The topological polar surface area (TPSA) is 313 Å².